The van der Waals surface area contributed by atoms with Gasteiger partial charge in [-0.05, 0) is 144 Å². The Morgan fingerprint density at radius 1 is 0.575 bits per heavy atom. The molecule has 0 aliphatic carbocycles. The molecule has 0 bridgehead atoms. The number of ketones is 1. The zero-order chi connectivity index (χ0) is 51.2. The van der Waals surface area contributed by atoms with Gasteiger partial charge in [-0.2, -0.15) is 0 Å². The average molecular weight is 1010 g/mol. The minimum absolute atomic E-state index is 0.0823. The summed E-state index contributed by atoms with van der Waals surface area (Å²) in [4.78, 5) is 75.5. The zero-order valence-electron chi connectivity index (χ0n) is 39.3. The van der Waals surface area contributed by atoms with Crippen molar-refractivity contribution in [2.24, 2.45) is 11.5 Å². The lowest BCUT2D eigenvalue weighted by Crippen LogP contribution is -2.32. The fraction of sp³-hybridized carbons (Fsp3) is 0.138. The van der Waals surface area contributed by atoms with Crippen LogP contribution in [0.4, 0.5) is 5.69 Å². The highest BCUT2D eigenvalue weighted by Gasteiger charge is 2.23. The molecular formula is C58H47N3O10S2. The highest BCUT2D eigenvalue weighted by Crippen LogP contribution is 2.38. The number of amides is 1. The lowest BCUT2D eigenvalue weighted by Gasteiger charge is -2.10. The lowest BCUT2D eigenvalue weighted by molar-refractivity contribution is -0.138. The van der Waals surface area contributed by atoms with Gasteiger partial charge in [-0.1, -0.05) is 72.8 Å². The van der Waals surface area contributed by atoms with Gasteiger partial charge in [0.1, 0.15) is 31.6 Å². The standard InChI is InChI=1S/C29H24N2O4S.C29H23NO6S/c1-17(32)25(30)14-18-3-2-4-21(13-18)28(33)31-23-8-5-19(6-9-23)26-11-12-27(36-26)20-7-10-24-22(15-20)16-35-29(24)34;30-24(27(31)32)13-18-2-1-3-21(12-18)28(33)35-15-17-4-6-19(7-5-17)25-10-11-26(37-25)20-8-9-23-22(14-20)16-36-29(23)34/h2-13,15,25H,14,16,30H2,1H3,(H,31,33);1-12,14,24H,13,15-16,30H2,(H,31,32)/t25-;24-/m00/s1. The number of aliphatic carboxylic acids is 1. The van der Waals surface area contributed by atoms with Crippen LogP contribution in [0.1, 0.15) is 76.2 Å². The van der Waals surface area contributed by atoms with Gasteiger partial charge in [0.15, 0.2) is 0 Å². The maximum absolute atomic E-state index is 12.8. The van der Waals surface area contributed by atoms with Crippen molar-refractivity contribution in [1.29, 1.82) is 0 Å². The summed E-state index contributed by atoms with van der Waals surface area (Å²) in [7, 11) is 0. The predicted molar refractivity (Wildman–Crippen MR) is 280 cm³/mol. The first-order valence-electron chi connectivity index (χ1n) is 23.2. The number of anilines is 1. The van der Waals surface area contributed by atoms with E-state index in [1.165, 1.54) is 6.92 Å². The minimum Gasteiger partial charge on any atom is -0.480 e. The molecule has 2 aliphatic rings. The van der Waals surface area contributed by atoms with Crippen LogP contribution in [0.15, 0.2) is 158 Å². The number of nitrogens with one attached hydrogen (secondary N) is 1. The number of nitrogens with two attached hydrogens (primary N) is 2. The molecule has 2 aliphatic heterocycles. The lowest BCUT2D eigenvalue weighted by atomic mass is 10.0. The van der Waals surface area contributed by atoms with E-state index < -0.39 is 24.0 Å². The number of hydrogen-bond acceptors (Lipinski definition) is 13. The quantitative estimate of drug-likeness (QED) is 0.0558. The van der Waals surface area contributed by atoms with Crippen molar-refractivity contribution in [3.05, 3.63) is 208 Å². The van der Waals surface area contributed by atoms with Crippen LogP contribution in [0.2, 0.25) is 0 Å². The number of carbonyl (C=O) groups excluding carboxylic acids is 5. The van der Waals surface area contributed by atoms with Crippen molar-refractivity contribution < 1.29 is 48.1 Å². The molecule has 0 saturated carbocycles. The fourth-order valence-electron chi connectivity index (χ4n) is 8.19. The number of ether oxygens (including phenoxy) is 3. The topological polar surface area (TPSA) is 214 Å². The molecule has 10 rings (SSSR count). The van der Waals surface area contributed by atoms with Crippen LogP contribution < -0.4 is 16.8 Å². The molecule has 15 heteroatoms. The summed E-state index contributed by atoms with van der Waals surface area (Å²) in [5.41, 5.74) is 22.6. The summed E-state index contributed by atoms with van der Waals surface area (Å²) in [6, 6.07) is 47.5. The maximum Gasteiger partial charge on any atom is 0.338 e. The molecule has 13 nitrogen and oxygen atoms in total. The van der Waals surface area contributed by atoms with Crippen LogP contribution in [0.25, 0.3) is 41.8 Å². The third-order valence-electron chi connectivity index (χ3n) is 12.3. The third-order valence-corrected chi connectivity index (χ3v) is 14.7. The Hall–Kier alpha value is -8.34. The van der Waals surface area contributed by atoms with Gasteiger partial charge in [0, 0.05) is 41.9 Å². The number of carboxylic acids is 1. The number of hydrogen-bond donors (Lipinski definition) is 4. The fourth-order valence-corrected chi connectivity index (χ4v) is 10.2. The number of thiophene rings is 2. The Morgan fingerprint density at radius 3 is 1.56 bits per heavy atom. The molecule has 0 spiro atoms. The van der Waals surface area contributed by atoms with Crippen LogP contribution in [-0.4, -0.2) is 52.8 Å². The molecule has 0 radical (unpaired) electrons. The molecule has 4 heterocycles. The predicted octanol–water partition coefficient (Wildman–Crippen LogP) is 10.5. The first-order chi connectivity index (χ1) is 35.2. The molecule has 0 saturated heterocycles. The average Bonchev–Trinajstić information content (AvgIpc) is 4.24. The Kier molecular flexibility index (Phi) is 14.9. The van der Waals surface area contributed by atoms with E-state index >= 15 is 0 Å². The molecule has 6 aromatic carbocycles. The number of carboxylic acid groups (broad SMARTS) is 1. The number of cyclic esters (lactones) is 2. The van der Waals surface area contributed by atoms with E-state index in [9.17, 15) is 28.8 Å². The summed E-state index contributed by atoms with van der Waals surface area (Å²) in [5.74, 6) is -2.42. The van der Waals surface area contributed by atoms with Gasteiger partial charge in [-0.25, -0.2) is 14.4 Å². The van der Waals surface area contributed by atoms with Gasteiger partial charge in [0.05, 0.1) is 22.7 Å². The second-order valence-corrected chi connectivity index (χ2v) is 19.7. The first-order valence-corrected chi connectivity index (χ1v) is 24.8. The molecule has 73 heavy (non-hydrogen) atoms. The van der Waals surface area contributed by atoms with Crippen LogP contribution in [-0.2, 0) is 56.5 Å². The van der Waals surface area contributed by atoms with Gasteiger partial charge in [0.2, 0.25) is 0 Å². The zero-order valence-corrected chi connectivity index (χ0v) is 40.9. The summed E-state index contributed by atoms with van der Waals surface area (Å²) in [6.07, 6.45) is 0.522. The van der Waals surface area contributed by atoms with E-state index in [-0.39, 0.29) is 36.7 Å². The van der Waals surface area contributed by atoms with Gasteiger partial charge < -0.3 is 36.1 Å². The van der Waals surface area contributed by atoms with Gasteiger partial charge >= 0.3 is 23.9 Å². The Labute approximate surface area is 428 Å². The number of fused-ring (bicyclic) bond motifs is 2. The van der Waals surface area contributed by atoms with E-state index in [4.69, 9.17) is 30.8 Å². The highest BCUT2D eigenvalue weighted by molar-refractivity contribution is 7.19. The van der Waals surface area contributed by atoms with Crippen LogP contribution >= 0.6 is 22.7 Å². The molecule has 1 amide bonds. The highest BCUT2D eigenvalue weighted by atomic mass is 32.1. The van der Waals surface area contributed by atoms with Gasteiger partial charge in [0.25, 0.3) is 5.91 Å². The Morgan fingerprint density at radius 2 is 1.04 bits per heavy atom. The molecular weight excluding hydrogens is 963 g/mol. The second kappa shape index (κ2) is 22.0. The Balaban J connectivity index is 0.000000180. The normalized spacial score (nSPS) is 13.1. The van der Waals surface area contributed by atoms with Gasteiger partial charge in [-0.15, -0.1) is 22.7 Å². The molecule has 0 fully saturated rings. The minimum atomic E-state index is -1.09. The molecule has 2 atom stereocenters. The van der Waals surface area contributed by atoms with Crippen molar-refractivity contribution >= 4 is 63.9 Å². The van der Waals surface area contributed by atoms with E-state index in [1.54, 1.807) is 65.1 Å². The summed E-state index contributed by atoms with van der Waals surface area (Å²) >= 11 is 3.32. The largest absolute Gasteiger partial charge is 0.480 e. The van der Waals surface area contributed by atoms with Crippen molar-refractivity contribution in [2.45, 2.75) is 51.7 Å². The Bertz CT molecular complexity index is 3420. The number of benzene rings is 6. The number of esters is 3. The van der Waals surface area contributed by atoms with Crippen LogP contribution in [0, 0.1) is 0 Å². The monoisotopic (exact) mass is 1010 g/mol. The molecule has 0 unspecified atom stereocenters. The van der Waals surface area contributed by atoms with Crippen molar-refractivity contribution in [3.8, 4) is 41.8 Å². The van der Waals surface area contributed by atoms with Crippen LogP contribution in [0.5, 0.6) is 0 Å². The SMILES string of the molecule is CC(=O)[C@@H](N)Cc1cccc(C(=O)Nc2ccc(-c3ccc(-c4ccc5c(c4)COC5=O)s3)cc2)c1.N[C@@H](Cc1cccc(C(=O)OCc2ccc(-c3ccc(-c4ccc5c(c4)COC5=O)s3)cc2)c1)C(=O)O. The van der Waals surface area contributed by atoms with E-state index in [1.807, 2.05) is 91.0 Å². The van der Waals surface area contributed by atoms with Crippen molar-refractivity contribution in [1.82, 2.24) is 0 Å². The molecule has 8 aromatic rings. The second-order valence-electron chi connectivity index (χ2n) is 17.5. The third kappa shape index (κ3) is 11.9. The number of Topliss-reactive ketones (excluding diaryl/α,β-unsaturated/α-hetero) is 1. The molecule has 366 valence electrons. The van der Waals surface area contributed by atoms with E-state index in [2.05, 4.69) is 29.6 Å². The molecule has 6 N–H and O–H groups in total. The van der Waals surface area contributed by atoms with E-state index in [0.717, 1.165) is 64.0 Å². The summed E-state index contributed by atoms with van der Waals surface area (Å²) < 4.78 is 15.7. The van der Waals surface area contributed by atoms with Crippen molar-refractivity contribution in [2.75, 3.05) is 5.32 Å². The molecule has 2 aromatic heterocycles. The summed E-state index contributed by atoms with van der Waals surface area (Å²) in [5, 5.41) is 11.9. The first kappa shape index (κ1) is 49.6. The van der Waals surface area contributed by atoms with Crippen LogP contribution in [0.3, 0.4) is 0 Å². The summed E-state index contributed by atoms with van der Waals surface area (Å²) in [6.45, 7) is 2.22. The number of rotatable bonds is 15. The van der Waals surface area contributed by atoms with E-state index in [0.29, 0.717) is 53.1 Å². The van der Waals surface area contributed by atoms with Gasteiger partial charge in [-0.3, -0.25) is 14.4 Å². The van der Waals surface area contributed by atoms with Crippen molar-refractivity contribution in [3.63, 3.8) is 0 Å². The number of carbonyl (C=O) groups is 6. The smallest absolute Gasteiger partial charge is 0.338 e. The maximum atomic E-state index is 12.8.